The van der Waals surface area contributed by atoms with E-state index in [1.807, 2.05) is 24.0 Å². The van der Waals surface area contributed by atoms with Crippen molar-refractivity contribution in [2.45, 2.75) is 64.1 Å². The summed E-state index contributed by atoms with van der Waals surface area (Å²) in [5, 5.41) is 14.2. The van der Waals surface area contributed by atoms with Crippen molar-refractivity contribution in [3.8, 4) is 11.5 Å². The van der Waals surface area contributed by atoms with Crippen molar-refractivity contribution in [2.75, 3.05) is 13.2 Å². The summed E-state index contributed by atoms with van der Waals surface area (Å²) < 4.78 is 5.51. The third kappa shape index (κ3) is 2.86. The molecule has 132 valence electrons. The molecule has 2 fully saturated rings. The van der Waals surface area contributed by atoms with E-state index >= 15 is 0 Å². The number of phenols is 1. The molecule has 1 saturated carbocycles. The zero-order valence-electron chi connectivity index (χ0n) is 14.7. The van der Waals surface area contributed by atoms with Crippen molar-refractivity contribution < 1.29 is 14.6 Å². The molecule has 1 aromatic carbocycles. The molecule has 1 saturated heterocycles. The van der Waals surface area contributed by atoms with Gasteiger partial charge in [-0.2, -0.15) is 0 Å². The van der Waals surface area contributed by atoms with Crippen molar-refractivity contribution in [3.05, 3.63) is 23.8 Å². The quantitative estimate of drug-likeness (QED) is 0.868. The summed E-state index contributed by atoms with van der Waals surface area (Å²) >= 11 is 0. The van der Waals surface area contributed by atoms with Crippen molar-refractivity contribution in [1.29, 1.82) is 0 Å². The molecule has 2 aliphatic rings. The maximum atomic E-state index is 13.1. The van der Waals surface area contributed by atoms with Crippen LogP contribution in [0, 0.1) is 0 Å². The Labute approximate surface area is 144 Å². The van der Waals surface area contributed by atoms with E-state index in [2.05, 4.69) is 12.2 Å². The summed E-state index contributed by atoms with van der Waals surface area (Å²) in [4.78, 5) is 15.0. The lowest BCUT2D eigenvalue weighted by molar-refractivity contribution is -0.134. The molecule has 5 heteroatoms. The second-order valence-corrected chi connectivity index (χ2v) is 6.82. The van der Waals surface area contributed by atoms with Crippen LogP contribution in [0.15, 0.2) is 18.2 Å². The van der Waals surface area contributed by atoms with Crippen LogP contribution in [0.1, 0.15) is 64.1 Å². The molecule has 1 atom stereocenters. The molecule has 5 nitrogen and oxygen atoms in total. The van der Waals surface area contributed by atoms with Gasteiger partial charge in [0.15, 0.2) is 11.5 Å². The lowest BCUT2D eigenvalue weighted by Crippen LogP contribution is -2.48. The molecule has 2 N–H and O–H groups in total. The Morgan fingerprint density at radius 3 is 2.71 bits per heavy atom. The van der Waals surface area contributed by atoms with Gasteiger partial charge in [-0.05, 0) is 32.3 Å². The Morgan fingerprint density at radius 1 is 1.29 bits per heavy atom. The van der Waals surface area contributed by atoms with Gasteiger partial charge in [0.05, 0.1) is 12.1 Å². The molecule has 0 aromatic heterocycles. The first-order valence-corrected chi connectivity index (χ1v) is 9.16. The van der Waals surface area contributed by atoms with Gasteiger partial charge in [0.1, 0.15) is 6.17 Å². The van der Waals surface area contributed by atoms with Gasteiger partial charge in [-0.1, -0.05) is 38.3 Å². The van der Waals surface area contributed by atoms with Crippen LogP contribution in [0.4, 0.5) is 0 Å². The van der Waals surface area contributed by atoms with Gasteiger partial charge in [-0.3, -0.25) is 10.1 Å². The van der Waals surface area contributed by atoms with Crippen molar-refractivity contribution in [3.63, 3.8) is 0 Å². The third-order valence-electron chi connectivity index (χ3n) is 5.19. The lowest BCUT2D eigenvalue weighted by Gasteiger charge is -2.31. The fourth-order valence-corrected chi connectivity index (χ4v) is 4.06. The largest absolute Gasteiger partial charge is 0.504 e. The first-order chi connectivity index (χ1) is 11.6. The molecule has 0 radical (unpaired) electrons. The van der Waals surface area contributed by atoms with Gasteiger partial charge in [-0.25, -0.2) is 0 Å². The Morgan fingerprint density at radius 2 is 2.04 bits per heavy atom. The van der Waals surface area contributed by atoms with Crippen LogP contribution in [0.25, 0.3) is 0 Å². The number of carbonyl (C=O) groups excluding carboxylic acids is 1. The number of phenolic OH excluding ortho intramolecular Hbond substituents is 1. The van der Waals surface area contributed by atoms with E-state index in [1.54, 1.807) is 6.07 Å². The van der Waals surface area contributed by atoms with E-state index in [0.717, 1.165) is 37.7 Å². The molecule has 3 rings (SSSR count). The van der Waals surface area contributed by atoms with Gasteiger partial charge in [0, 0.05) is 12.1 Å². The van der Waals surface area contributed by atoms with Crippen molar-refractivity contribution in [1.82, 2.24) is 10.2 Å². The van der Waals surface area contributed by atoms with E-state index in [4.69, 9.17) is 4.74 Å². The minimum Gasteiger partial charge on any atom is -0.504 e. The van der Waals surface area contributed by atoms with E-state index in [-0.39, 0.29) is 17.8 Å². The smallest absolute Gasteiger partial charge is 0.244 e. The molecule has 1 aliphatic carbocycles. The van der Waals surface area contributed by atoms with E-state index < -0.39 is 5.54 Å². The van der Waals surface area contributed by atoms with Gasteiger partial charge >= 0.3 is 0 Å². The molecule has 24 heavy (non-hydrogen) atoms. The average molecular weight is 332 g/mol. The highest BCUT2D eigenvalue weighted by Crippen LogP contribution is 2.43. The summed E-state index contributed by atoms with van der Waals surface area (Å²) in [6, 6.07) is 5.52. The van der Waals surface area contributed by atoms with E-state index in [0.29, 0.717) is 18.9 Å². The molecule has 1 heterocycles. The lowest BCUT2D eigenvalue weighted by atomic mass is 9.81. The summed E-state index contributed by atoms with van der Waals surface area (Å²) in [7, 11) is 0. The number of carbonyl (C=O) groups is 1. The Hall–Kier alpha value is -1.75. The molecular weight excluding hydrogens is 304 g/mol. The van der Waals surface area contributed by atoms with Crippen LogP contribution >= 0.6 is 0 Å². The SMILES string of the molecule is CCCN1C(=O)C2(CCCCC2)NC1c1cccc(OCC)c1O. The fraction of sp³-hybridized carbons (Fsp3) is 0.632. The van der Waals surface area contributed by atoms with E-state index in [1.165, 1.54) is 6.42 Å². The average Bonchev–Trinajstić information content (AvgIpc) is 2.84. The van der Waals surface area contributed by atoms with Gasteiger partial charge in [-0.15, -0.1) is 0 Å². The summed E-state index contributed by atoms with van der Waals surface area (Å²) in [5.74, 6) is 0.805. The summed E-state index contributed by atoms with van der Waals surface area (Å²) in [6.45, 7) is 5.16. The van der Waals surface area contributed by atoms with Gasteiger partial charge in [0.2, 0.25) is 5.91 Å². The molecule has 1 unspecified atom stereocenters. The highest BCUT2D eigenvalue weighted by molar-refractivity contribution is 5.89. The number of hydrogen-bond acceptors (Lipinski definition) is 4. The monoisotopic (exact) mass is 332 g/mol. The van der Waals surface area contributed by atoms with Crippen LogP contribution < -0.4 is 10.1 Å². The third-order valence-corrected chi connectivity index (χ3v) is 5.19. The molecule has 1 aliphatic heterocycles. The fourth-order valence-electron chi connectivity index (χ4n) is 4.06. The topological polar surface area (TPSA) is 61.8 Å². The Balaban J connectivity index is 1.96. The summed E-state index contributed by atoms with van der Waals surface area (Å²) in [6.07, 6.45) is 5.73. The predicted octanol–water partition coefficient (Wildman–Crippen LogP) is 3.33. The number of benzene rings is 1. The maximum absolute atomic E-state index is 13.1. The first kappa shape index (κ1) is 17.1. The van der Waals surface area contributed by atoms with Gasteiger partial charge in [0.25, 0.3) is 0 Å². The van der Waals surface area contributed by atoms with Crippen LogP contribution in [-0.2, 0) is 4.79 Å². The zero-order chi connectivity index (χ0) is 17.2. The number of aromatic hydroxyl groups is 1. The van der Waals surface area contributed by atoms with Gasteiger partial charge < -0.3 is 14.7 Å². The number of ether oxygens (including phenoxy) is 1. The second kappa shape index (κ2) is 7.01. The zero-order valence-corrected chi connectivity index (χ0v) is 14.7. The number of nitrogens with zero attached hydrogens (tertiary/aromatic N) is 1. The van der Waals surface area contributed by atoms with E-state index in [9.17, 15) is 9.90 Å². The molecule has 1 amide bonds. The second-order valence-electron chi connectivity index (χ2n) is 6.82. The van der Waals surface area contributed by atoms with Crippen LogP contribution in [0.2, 0.25) is 0 Å². The van der Waals surface area contributed by atoms with Crippen LogP contribution in [0.3, 0.4) is 0 Å². The Bertz CT molecular complexity index is 596. The van der Waals surface area contributed by atoms with Crippen molar-refractivity contribution in [2.24, 2.45) is 0 Å². The number of hydrogen-bond donors (Lipinski definition) is 2. The number of amides is 1. The highest BCUT2D eigenvalue weighted by atomic mass is 16.5. The predicted molar refractivity (Wildman–Crippen MR) is 93.0 cm³/mol. The minimum absolute atomic E-state index is 0.138. The summed E-state index contributed by atoms with van der Waals surface area (Å²) in [5.41, 5.74) is 0.275. The minimum atomic E-state index is -0.452. The molecule has 0 bridgehead atoms. The maximum Gasteiger partial charge on any atom is 0.244 e. The van der Waals surface area contributed by atoms with Crippen LogP contribution in [-0.4, -0.2) is 34.6 Å². The number of nitrogens with one attached hydrogen (secondary N) is 1. The normalized spacial score (nSPS) is 23.0. The molecule has 1 spiro atoms. The standard InChI is InChI=1S/C19H28N2O3/c1-3-13-21-17(14-9-8-10-15(16(14)22)24-4-2)20-19(18(21)23)11-6-5-7-12-19/h8-10,17,20,22H,3-7,11-13H2,1-2H3. The molecular formula is C19H28N2O3. The molecule has 1 aromatic rings. The van der Waals surface area contributed by atoms with Crippen molar-refractivity contribution >= 4 is 5.91 Å². The Kier molecular flexibility index (Phi) is 4.99. The highest BCUT2D eigenvalue weighted by Gasteiger charge is 2.51. The first-order valence-electron chi connectivity index (χ1n) is 9.16. The number of rotatable bonds is 5. The van der Waals surface area contributed by atoms with Crippen LogP contribution in [0.5, 0.6) is 11.5 Å². The number of para-hydroxylation sites is 1.